The van der Waals surface area contributed by atoms with Crippen LogP contribution < -0.4 is 0 Å². The van der Waals surface area contributed by atoms with E-state index < -0.39 is 0 Å². The second kappa shape index (κ2) is 5.26. The zero-order valence-electron chi connectivity index (χ0n) is 11.9. The van der Waals surface area contributed by atoms with Gasteiger partial charge in [-0.3, -0.25) is 4.79 Å². The Hall–Kier alpha value is -1.68. The van der Waals surface area contributed by atoms with Crippen LogP contribution in [-0.4, -0.2) is 22.3 Å². The largest absolute Gasteiger partial charge is 0.337 e. The van der Waals surface area contributed by atoms with Crippen molar-refractivity contribution in [2.45, 2.75) is 32.2 Å². The number of thiazole rings is 1. The van der Waals surface area contributed by atoms with Crippen molar-refractivity contribution < 1.29 is 4.79 Å². The zero-order chi connectivity index (χ0) is 14.2. The van der Waals surface area contributed by atoms with Crippen molar-refractivity contribution in [1.82, 2.24) is 9.88 Å². The summed E-state index contributed by atoms with van der Waals surface area (Å²) >= 11 is 1.74. The molecular formula is C17H18N2OS. The number of nitrogens with zero attached hydrogens (tertiary/aromatic N) is 2. The minimum Gasteiger partial charge on any atom is -0.337 e. The zero-order valence-corrected chi connectivity index (χ0v) is 12.7. The number of carbonyl (C=O) groups excluding carboxylic acids is 1. The molecule has 1 aliphatic carbocycles. The fourth-order valence-electron chi connectivity index (χ4n) is 3.00. The molecule has 1 aromatic heterocycles. The van der Waals surface area contributed by atoms with Gasteiger partial charge in [-0.15, -0.1) is 11.3 Å². The van der Waals surface area contributed by atoms with Gasteiger partial charge in [0.2, 0.25) is 5.91 Å². The topological polar surface area (TPSA) is 33.2 Å². The van der Waals surface area contributed by atoms with E-state index in [9.17, 15) is 4.79 Å². The summed E-state index contributed by atoms with van der Waals surface area (Å²) in [5.74, 6) is 0.662. The summed E-state index contributed by atoms with van der Waals surface area (Å²) in [7, 11) is 0. The third kappa shape index (κ3) is 2.38. The maximum Gasteiger partial charge on any atom is 0.226 e. The van der Waals surface area contributed by atoms with Crippen LogP contribution >= 0.6 is 11.3 Å². The van der Waals surface area contributed by atoms with E-state index >= 15 is 0 Å². The van der Waals surface area contributed by atoms with Crippen molar-refractivity contribution in [2.24, 2.45) is 5.92 Å². The molecule has 4 heteroatoms. The summed E-state index contributed by atoms with van der Waals surface area (Å²) in [6.45, 7) is 1.59. The van der Waals surface area contributed by atoms with Crippen LogP contribution in [0.15, 0.2) is 30.3 Å². The standard InChI is InChI=1S/C17H18N2OS/c20-17(13-7-4-8-13)19-10-9-14-15(11-19)21-16(18-14)12-5-2-1-3-6-12/h1-3,5-6,13H,4,7-11H2. The summed E-state index contributed by atoms with van der Waals surface area (Å²) in [5, 5.41) is 1.08. The third-order valence-corrected chi connectivity index (χ3v) is 5.65. The van der Waals surface area contributed by atoms with Crippen LogP contribution in [0, 0.1) is 5.92 Å². The Labute approximate surface area is 128 Å². The van der Waals surface area contributed by atoms with E-state index in [1.54, 1.807) is 11.3 Å². The summed E-state index contributed by atoms with van der Waals surface area (Å²) < 4.78 is 0. The number of amides is 1. The molecule has 1 aromatic carbocycles. The highest BCUT2D eigenvalue weighted by atomic mass is 32.1. The van der Waals surface area contributed by atoms with Gasteiger partial charge in [0.1, 0.15) is 5.01 Å². The van der Waals surface area contributed by atoms with Gasteiger partial charge < -0.3 is 4.90 Å². The van der Waals surface area contributed by atoms with Gasteiger partial charge in [0.25, 0.3) is 0 Å². The van der Waals surface area contributed by atoms with Gasteiger partial charge in [0, 0.05) is 29.3 Å². The molecule has 0 unspecified atom stereocenters. The molecule has 2 aliphatic rings. The lowest BCUT2D eigenvalue weighted by molar-refractivity contribution is -0.139. The van der Waals surface area contributed by atoms with Gasteiger partial charge in [-0.25, -0.2) is 4.98 Å². The van der Waals surface area contributed by atoms with Crippen LogP contribution in [0.5, 0.6) is 0 Å². The van der Waals surface area contributed by atoms with Crippen molar-refractivity contribution in [3.63, 3.8) is 0 Å². The quantitative estimate of drug-likeness (QED) is 0.850. The minimum atomic E-state index is 0.299. The number of hydrogen-bond acceptors (Lipinski definition) is 3. The third-order valence-electron chi connectivity index (χ3n) is 4.52. The molecule has 3 nitrogen and oxygen atoms in total. The summed E-state index contributed by atoms with van der Waals surface area (Å²) in [6.07, 6.45) is 4.28. The van der Waals surface area contributed by atoms with Gasteiger partial charge in [0.05, 0.1) is 12.2 Å². The van der Waals surface area contributed by atoms with Crippen molar-refractivity contribution >= 4 is 17.2 Å². The lowest BCUT2D eigenvalue weighted by Crippen LogP contribution is -2.41. The van der Waals surface area contributed by atoms with E-state index in [1.165, 1.54) is 22.6 Å². The van der Waals surface area contributed by atoms with Gasteiger partial charge in [0.15, 0.2) is 0 Å². The van der Waals surface area contributed by atoms with Crippen molar-refractivity contribution in [1.29, 1.82) is 0 Å². The first kappa shape index (κ1) is 13.0. The van der Waals surface area contributed by atoms with Gasteiger partial charge in [-0.2, -0.15) is 0 Å². The smallest absolute Gasteiger partial charge is 0.226 e. The second-order valence-corrected chi connectivity index (χ2v) is 6.98. The van der Waals surface area contributed by atoms with Gasteiger partial charge in [-0.05, 0) is 12.8 Å². The van der Waals surface area contributed by atoms with E-state index in [2.05, 4.69) is 12.1 Å². The lowest BCUT2D eigenvalue weighted by atomic mass is 9.84. The predicted octanol–water partition coefficient (Wildman–Crippen LogP) is 3.49. The highest BCUT2D eigenvalue weighted by Crippen LogP contribution is 2.34. The van der Waals surface area contributed by atoms with Crippen molar-refractivity contribution in [3.8, 4) is 10.6 Å². The molecule has 1 aliphatic heterocycles. The molecule has 0 atom stereocenters. The molecular weight excluding hydrogens is 280 g/mol. The molecule has 1 fully saturated rings. The maximum absolute atomic E-state index is 12.4. The molecule has 2 aromatic rings. The SMILES string of the molecule is O=C(C1CCC1)N1CCc2nc(-c3ccccc3)sc2C1. The molecule has 21 heavy (non-hydrogen) atoms. The Kier molecular flexibility index (Phi) is 3.26. The summed E-state index contributed by atoms with van der Waals surface area (Å²) in [6, 6.07) is 10.3. The molecule has 0 saturated heterocycles. The molecule has 0 N–H and O–H groups in total. The number of fused-ring (bicyclic) bond motifs is 1. The fourth-order valence-corrected chi connectivity index (χ4v) is 4.13. The minimum absolute atomic E-state index is 0.299. The van der Waals surface area contributed by atoms with E-state index in [0.717, 1.165) is 37.4 Å². The van der Waals surface area contributed by atoms with Crippen LogP contribution in [0.4, 0.5) is 0 Å². The Morgan fingerprint density at radius 3 is 2.76 bits per heavy atom. The Bertz CT molecular complexity index is 661. The van der Waals surface area contributed by atoms with Crippen molar-refractivity contribution in [3.05, 3.63) is 40.9 Å². The van der Waals surface area contributed by atoms with Gasteiger partial charge >= 0.3 is 0 Å². The van der Waals surface area contributed by atoms with Crippen LogP contribution in [0.2, 0.25) is 0 Å². The van der Waals surface area contributed by atoms with Crippen molar-refractivity contribution in [2.75, 3.05) is 6.54 Å². The second-order valence-electron chi connectivity index (χ2n) is 5.89. The predicted molar refractivity (Wildman–Crippen MR) is 84.0 cm³/mol. The Morgan fingerprint density at radius 2 is 2.05 bits per heavy atom. The summed E-state index contributed by atoms with van der Waals surface area (Å²) in [4.78, 5) is 20.5. The molecule has 1 saturated carbocycles. The summed E-state index contributed by atoms with van der Waals surface area (Å²) in [5.41, 5.74) is 2.37. The van der Waals surface area contributed by atoms with Crippen LogP contribution in [0.1, 0.15) is 29.8 Å². The number of rotatable bonds is 2. The average molecular weight is 298 g/mol. The van der Waals surface area contributed by atoms with E-state index in [1.807, 2.05) is 23.1 Å². The number of hydrogen-bond donors (Lipinski definition) is 0. The van der Waals surface area contributed by atoms with E-state index in [-0.39, 0.29) is 0 Å². The average Bonchev–Trinajstić information content (AvgIpc) is 2.89. The first-order valence-electron chi connectivity index (χ1n) is 7.64. The molecule has 108 valence electrons. The molecule has 1 amide bonds. The maximum atomic E-state index is 12.4. The van der Waals surface area contributed by atoms with Crippen LogP contribution in [0.25, 0.3) is 10.6 Å². The van der Waals surface area contributed by atoms with Crippen LogP contribution in [-0.2, 0) is 17.8 Å². The molecule has 0 radical (unpaired) electrons. The molecule has 0 bridgehead atoms. The first-order chi connectivity index (χ1) is 10.3. The monoisotopic (exact) mass is 298 g/mol. The van der Waals surface area contributed by atoms with E-state index in [4.69, 9.17) is 4.98 Å². The Morgan fingerprint density at radius 1 is 1.24 bits per heavy atom. The lowest BCUT2D eigenvalue weighted by Gasteiger charge is -2.33. The number of benzene rings is 1. The molecule has 2 heterocycles. The first-order valence-corrected chi connectivity index (χ1v) is 8.46. The normalized spacial score (nSPS) is 18.2. The Balaban J connectivity index is 1.55. The number of aromatic nitrogens is 1. The molecule has 4 rings (SSSR count). The highest BCUT2D eigenvalue weighted by molar-refractivity contribution is 7.15. The van der Waals surface area contributed by atoms with E-state index in [0.29, 0.717) is 11.8 Å². The highest BCUT2D eigenvalue weighted by Gasteiger charge is 2.32. The van der Waals surface area contributed by atoms with Gasteiger partial charge in [-0.1, -0.05) is 36.8 Å². The van der Waals surface area contributed by atoms with Crippen LogP contribution in [0.3, 0.4) is 0 Å². The molecule has 0 spiro atoms. The number of carbonyl (C=O) groups is 1. The fraction of sp³-hybridized carbons (Fsp3) is 0.412.